The lowest BCUT2D eigenvalue weighted by Gasteiger charge is -2.12. The summed E-state index contributed by atoms with van der Waals surface area (Å²) in [7, 11) is 0. The number of nitrogens with one attached hydrogen (secondary N) is 2. The van der Waals surface area contributed by atoms with Crippen molar-refractivity contribution in [3.8, 4) is 0 Å². The van der Waals surface area contributed by atoms with Gasteiger partial charge in [-0.1, -0.05) is 41.9 Å². The van der Waals surface area contributed by atoms with Gasteiger partial charge in [-0.2, -0.15) is 0 Å². The van der Waals surface area contributed by atoms with Crippen LogP contribution in [0.1, 0.15) is 10.4 Å². The maximum atomic E-state index is 11.6. The maximum absolute atomic E-state index is 11.6. The van der Waals surface area contributed by atoms with Crippen LogP contribution in [0.25, 0.3) is 0 Å². The Balaban J connectivity index is 1.66. The van der Waals surface area contributed by atoms with Gasteiger partial charge in [-0.05, 0) is 17.7 Å². The fourth-order valence-electron chi connectivity index (χ4n) is 1.85. The number of carbonyl (C=O) groups is 1. The average molecular weight is 325 g/mol. The molecule has 0 aliphatic carbocycles. The van der Waals surface area contributed by atoms with Crippen LogP contribution in [0.2, 0.25) is 4.34 Å². The molecule has 4 nitrogen and oxygen atoms in total. The molecule has 0 radical (unpaired) electrons. The highest BCUT2D eigenvalue weighted by Gasteiger charge is 2.08. The molecule has 0 aliphatic rings. The van der Waals surface area contributed by atoms with E-state index in [9.17, 15) is 9.90 Å². The minimum absolute atomic E-state index is 0.214. The van der Waals surface area contributed by atoms with E-state index in [2.05, 4.69) is 10.6 Å². The lowest BCUT2D eigenvalue weighted by Crippen LogP contribution is -2.39. The molecule has 2 amide bonds. The van der Waals surface area contributed by atoms with Gasteiger partial charge in [0.25, 0.3) is 0 Å². The minimum Gasteiger partial charge on any atom is -0.391 e. The highest BCUT2D eigenvalue weighted by molar-refractivity contribution is 7.16. The standard InChI is InChI=1S/C15H17ClN2O2S/c16-14-7-6-13(21-14)10-18-15(20)17-9-12(19)8-11-4-2-1-3-5-11/h1-7,12,19H,8-10H2,(H2,17,18,20)/t12-/m0/s1. The molecule has 1 aromatic carbocycles. The van der Waals surface area contributed by atoms with Crippen molar-refractivity contribution in [3.63, 3.8) is 0 Å². The number of halogens is 1. The Morgan fingerprint density at radius 3 is 2.62 bits per heavy atom. The second kappa shape index (κ2) is 8.02. The van der Waals surface area contributed by atoms with E-state index in [1.807, 2.05) is 36.4 Å². The SMILES string of the molecule is O=C(NCc1ccc(Cl)s1)NC[C@@H](O)Cc1ccccc1. The smallest absolute Gasteiger partial charge is 0.315 e. The summed E-state index contributed by atoms with van der Waals surface area (Å²) in [5.74, 6) is 0. The number of benzene rings is 1. The molecule has 2 rings (SSSR count). The molecule has 1 heterocycles. The van der Waals surface area contributed by atoms with Crippen LogP contribution in [0.3, 0.4) is 0 Å². The summed E-state index contributed by atoms with van der Waals surface area (Å²) in [6, 6.07) is 13.0. The van der Waals surface area contributed by atoms with Crippen LogP contribution < -0.4 is 10.6 Å². The molecule has 21 heavy (non-hydrogen) atoms. The molecule has 0 bridgehead atoms. The van der Waals surface area contributed by atoms with Crippen molar-refractivity contribution < 1.29 is 9.90 Å². The van der Waals surface area contributed by atoms with Crippen molar-refractivity contribution in [3.05, 3.63) is 57.2 Å². The van der Waals surface area contributed by atoms with Crippen LogP contribution in [0.15, 0.2) is 42.5 Å². The van der Waals surface area contributed by atoms with E-state index in [-0.39, 0.29) is 12.6 Å². The van der Waals surface area contributed by atoms with Gasteiger partial charge in [0.2, 0.25) is 0 Å². The fourth-order valence-corrected chi connectivity index (χ4v) is 2.87. The maximum Gasteiger partial charge on any atom is 0.315 e. The third-order valence-corrected chi connectivity index (χ3v) is 4.10. The van der Waals surface area contributed by atoms with Crippen molar-refractivity contribution in [1.82, 2.24) is 10.6 Å². The Hall–Kier alpha value is -1.56. The van der Waals surface area contributed by atoms with Crippen LogP contribution in [0.5, 0.6) is 0 Å². The number of urea groups is 1. The van der Waals surface area contributed by atoms with Gasteiger partial charge in [-0.15, -0.1) is 11.3 Å². The summed E-state index contributed by atoms with van der Waals surface area (Å²) in [5.41, 5.74) is 1.04. The average Bonchev–Trinajstić information content (AvgIpc) is 2.90. The van der Waals surface area contributed by atoms with E-state index in [4.69, 9.17) is 11.6 Å². The van der Waals surface area contributed by atoms with Gasteiger partial charge in [0.1, 0.15) is 0 Å². The van der Waals surface area contributed by atoms with Gasteiger partial charge in [0, 0.05) is 17.8 Å². The predicted molar refractivity (Wildman–Crippen MR) is 85.7 cm³/mol. The highest BCUT2D eigenvalue weighted by Crippen LogP contribution is 2.20. The molecule has 0 spiro atoms. The van der Waals surface area contributed by atoms with Gasteiger partial charge in [-0.3, -0.25) is 0 Å². The van der Waals surface area contributed by atoms with Gasteiger partial charge in [0.05, 0.1) is 17.0 Å². The van der Waals surface area contributed by atoms with Crippen molar-refractivity contribution in [2.24, 2.45) is 0 Å². The number of amides is 2. The second-order valence-electron chi connectivity index (χ2n) is 4.61. The summed E-state index contributed by atoms with van der Waals surface area (Å²) in [5, 5.41) is 15.3. The molecule has 3 N–H and O–H groups in total. The third-order valence-electron chi connectivity index (χ3n) is 2.86. The van der Waals surface area contributed by atoms with Gasteiger partial charge in [-0.25, -0.2) is 4.79 Å². The molecule has 112 valence electrons. The van der Waals surface area contributed by atoms with E-state index in [0.29, 0.717) is 17.3 Å². The van der Waals surface area contributed by atoms with Gasteiger partial charge >= 0.3 is 6.03 Å². The van der Waals surface area contributed by atoms with Gasteiger partial charge in [0.15, 0.2) is 0 Å². The summed E-state index contributed by atoms with van der Waals surface area (Å²) in [6.07, 6.45) is -0.0869. The van der Waals surface area contributed by atoms with Crippen molar-refractivity contribution in [2.45, 2.75) is 19.1 Å². The molecule has 1 aromatic heterocycles. The molecule has 0 saturated carbocycles. The Labute approximate surface area is 132 Å². The molecule has 6 heteroatoms. The molecule has 0 fully saturated rings. The summed E-state index contributed by atoms with van der Waals surface area (Å²) < 4.78 is 0.700. The summed E-state index contributed by atoms with van der Waals surface area (Å²) >= 11 is 7.24. The summed E-state index contributed by atoms with van der Waals surface area (Å²) in [4.78, 5) is 12.6. The third kappa shape index (κ3) is 5.75. The Morgan fingerprint density at radius 1 is 1.19 bits per heavy atom. The van der Waals surface area contributed by atoms with E-state index in [1.54, 1.807) is 6.07 Å². The minimum atomic E-state index is -0.602. The topological polar surface area (TPSA) is 61.4 Å². The predicted octanol–water partition coefficient (Wildman–Crippen LogP) is 2.80. The molecule has 0 saturated heterocycles. The van der Waals surface area contributed by atoms with Crippen LogP contribution in [-0.2, 0) is 13.0 Å². The van der Waals surface area contributed by atoms with Crippen LogP contribution in [0, 0.1) is 0 Å². The normalized spacial score (nSPS) is 11.9. The monoisotopic (exact) mass is 324 g/mol. The largest absolute Gasteiger partial charge is 0.391 e. The van der Waals surface area contributed by atoms with E-state index in [0.717, 1.165) is 10.4 Å². The molecular formula is C15H17ClN2O2S. The number of hydrogen-bond acceptors (Lipinski definition) is 3. The zero-order chi connectivity index (χ0) is 15.1. The zero-order valence-corrected chi connectivity index (χ0v) is 13.0. The molecular weight excluding hydrogens is 308 g/mol. The number of carbonyl (C=O) groups excluding carboxylic acids is 1. The second-order valence-corrected chi connectivity index (χ2v) is 6.41. The fraction of sp³-hybridized carbons (Fsp3) is 0.267. The molecule has 0 aliphatic heterocycles. The first-order chi connectivity index (χ1) is 10.1. The van der Waals surface area contributed by atoms with Gasteiger partial charge < -0.3 is 15.7 Å². The van der Waals surface area contributed by atoms with Crippen molar-refractivity contribution >= 4 is 29.0 Å². The van der Waals surface area contributed by atoms with Crippen LogP contribution in [0.4, 0.5) is 4.79 Å². The van der Waals surface area contributed by atoms with Crippen molar-refractivity contribution in [1.29, 1.82) is 0 Å². The molecule has 1 atom stereocenters. The number of aliphatic hydroxyl groups excluding tert-OH is 1. The van der Waals surface area contributed by atoms with E-state index in [1.165, 1.54) is 11.3 Å². The number of rotatable bonds is 6. The number of aliphatic hydroxyl groups is 1. The van der Waals surface area contributed by atoms with E-state index < -0.39 is 6.10 Å². The summed E-state index contributed by atoms with van der Waals surface area (Å²) in [6.45, 7) is 0.643. The lowest BCUT2D eigenvalue weighted by molar-refractivity contribution is 0.170. The van der Waals surface area contributed by atoms with Crippen LogP contribution in [-0.4, -0.2) is 23.8 Å². The van der Waals surface area contributed by atoms with Crippen molar-refractivity contribution in [2.75, 3.05) is 6.54 Å². The zero-order valence-electron chi connectivity index (χ0n) is 11.4. The quantitative estimate of drug-likeness (QED) is 0.765. The Morgan fingerprint density at radius 2 is 1.95 bits per heavy atom. The van der Waals surface area contributed by atoms with Crippen LogP contribution >= 0.6 is 22.9 Å². The number of hydrogen-bond donors (Lipinski definition) is 3. The molecule has 0 unspecified atom stereocenters. The Bertz CT molecular complexity index is 574. The molecule has 2 aromatic rings. The first kappa shape index (κ1) is 15.8. The first-order valence-corrected chi connectivity index (χ1v) is 7.81. The van der Waals surface area contributed by atoms with E-state index >= 15 is 0 Å². The number of thiophene rings is 1. The highest BCUT2D eigenvalue weighted by atomic mass is 35.5. The first-order valence-electron chi connectivity index (χ1n) is 6.61. The lowest BCUT2D eigenvalue weighted by atomic mass is 10.1. The Kier molecular flexibility index (Phi) is 6.04.